The summed E-state index contributed by atoms with van der Waals surface area (Å²) in [5.74, 6) is -0.562. The maximum atomic E-state index is 14.2. The highest BCUT2D eigenvalue weighted by Gasteiger charge is 2.43. The lowest BCUT2D eigenvalue weighted by atomic mass is 9.79. The van der Waals surface area contributed by atoms with E-state index >= 15 is 0 Å². The van der Waals surface area contributed by atoms with Crippen LogP contribution >= 0.6 is 11.6 Å². The van der Waals surface area contributed by atoms with Crippen LogP contribution in [0.4, 0.5) is 0 Å². The SMILES string of the molecule is Cc1ccc(C(OC(=O)[C@H](N)CCOC(c2ccccc2)(c2ccccc2)c2ccccc2)(c2ccccc2)c2ccccc2Cl)cc1. The van der Waals surface area contributed by atoms with E-state index in [1.54, 1.807) is 6.07 Å². The van der Waals surface area contributed by atoms with Crippen LogP contribution in [0.2, 0.25) is 5.02 Å². The molecular formula is C43H38ClNO3. The van der Waals surface area contributed by atoms with E-state index < -0.39 is 23.2 Å². The summed E-state index contributed by atoms with van der Waals surface area (Å²) < 4.78 is 13.5. The van der Waals surface area contributed by atoms with E-state index in [1.165, 1.54) is 0 Å². The molecule has 0 aliphatic carbocycles. The Labute approximate surface area is 287 Å². The van der Waals surface area contributed by atoms with Gasteiger partial charge >= 0.3 is 5.97 Å². The molecule has 0 bridgehead atoms. The predicted molar refractivity (Wildman–Crippen MR) is 193 cm³/mol. The van der Waals surface area contributed by atoms with Crippen LogP contribution in [0, 0.1) is 6.92 Å². The molecule has 48 heavy (non-hydrogen) atoms. The number of carbonyl (C=O) groups is 1. The van der Waals surface area contributed by atoms with E-state index in [0.29, 0.717) is 10.6 Å². The van der Waals surface area contributed by atoms with Crippen LogP contribution in [0.1, 0.15) is 45.4 Å². The number of ether oxygens (including phenoxy) is 2. The van der Waals surface area contributed by atoms with Crippen molar-refractivity contribution >= 4 is 17.6 Å². The van der Waals surface area contributed by atoms with Gasteiger partial charge < -0.3 is 15.2 Å². The number of hydrogen-bond donors (Lipinski definition) is 1. The minimum absolute atomic E-state index is 0.184. The largest absolute Gasteiger partial charge is 0.443 e. The molecule has 0 aliphatic heterocycles. The van der Waals surface area contributed by atoms with E-state index in [0.717, 1.165) is 33.4 Å². The van der Waals surface area contributed by atoms with Gasteiger partial charge in [-0.25, -0.2) is 0 Å². The number of benzene rings is 6. The van der Waals surface area contributed by atoms with Crippen LogP contribution in [-0.2, 0) is 25.5 Å². The highest BCUT2D eigenvalue weighted by Crippen LogP contribution is 2.44. The van der Waals surface area contributed by atoms with Gasteiger partial charge in [0.1, 0.15) is 11.6 Å². The molecule has 240 valence electrons. The van der Waals surface area contributed by atoms with Crippen LogP contribution in [-0.4, -0.2) is 18.6 Å². The Bertz CT molecular complexity index is 1820. The molecule has 4 nitrogen and oxygen atoms in total. The average Bonchev–Trinajstić information content (AvgIpc) is 3.14. The van der Waals surface area contributed by atoms with Crippen LogP contribution < -0.4 is 5.73 Å². The molecule has 5 heteroatoms. The first-order valence-electron chi connectivity index (χ1n) is 16.1. The summed E-state index contributed by atoms with van der Waals surface area (Å²) in [6.07, 6.45) is 0.217. The van der Waals surface area contributed by atoms with E-state index in [2.05, 4.69) is 36.4 Å². The van der Waals surface area contributed by atoms with E-state index in [4.69, 9.17) is 26.8 Å². The molecule has 6 aromatic carbocycles. The van der Waals surface area contributed by atoms with Crippen molar-refractivity contribution in [3.05, 3.63) is 214 Å². The lowest BCUT2D eigenvalue weighted by molar-refractivity contribution is -0.156. The van der Waals surface area contributed by atoms with Crippen molar-refractivity contribution in [1.82, 2.24) is 0 Å². The van der Waals surface area contributed by atoms with Crippen molar-refractivity contribution in [2.45, 2.75) is 30.6 Å². The van der Waals surface area contributed by atoms with Gasteiger partial charge in [0.2, 0.25) is 0 Å². The minimum Gasteiger partial charge on any atom is -0.443 e. The highest BCUT2D eigenvalue weighted by molar-refractivity contribution is 6.31. The first-order chi connectivity index (χ1) is 23.4. The van der Waals surface area contributed by atoms with Crippen molar-refractivity contribution in [2.24, 2.45) is 5.73 Å². The monoisotopic (exact) mass is 651 g/mol. The van der Waals surface area contributed by atoms with Gasteiger partial charge in [-0.15, -0.1) is 0 Å². The lowest BCUT2D eigenvalue weighted by Crippen LogP contribution is -2.43. The molecule has 6 rings (SSSR count). The van der Waals surface area contributed by atoms with Crippen molar-refractivity contribution in [3.63, 3.8) is 0 Å². The van der Waals surface area contributed by atoms with Gasteiger partial charge in [0.15, 0.2) is 5.60 Å². The second-order valence-electron chi connectivity index (χ2n) is 11.8. The van der Waals surface area contributed by atoms with Crippen molar-refractivity contribution < 1.29 is 14.3 Å². The van der Waals surface area contributed by atoms with Crippen molar-refractivity contribution in [3.8, 4) is 0 Å². The summed E-state index contributed by atoms with van der Waals surface area (Å²) in [6, 6.07) is 54.5. The molecule has 0 radical (unpaired) electrons. The van der Waals surface area contributed by atoms with Crippen LogP contribution in [0.3, 0.4) is 0 Å². The summed E-state index contributed by atoms with van der Waals surface area (Å²) in [6.45, 7) is 2.20. The number of nitrogens with two attached hydrogens (primary N) is 1. The first-order valence-corrected chi connectivity index (χ1v) is 16.5. The number of halogens is 1. The number of carbonyl (C=O) groups excluding carboxylic acids is 1. The third-order valence-electron chi connectivity index (χ3n) is 8.74. The van der Waals surface area contributed by atoms with Gasteiger partial charge in [0.05, 0.1) is 6.61 Å². The molecule has 0 aliphatic rings. The molecule has 6 aromatic rings. The van der Waals surface area contributed by atoms with Crippen molar-refractivity contribution in [1.29, 1.82) is 0 Å². The lowest BCUT2D eigenvalue weighted by Gasteiger charge is -2.37. The van der Waals surface area contributed by atoms with E-state index in [-0.39, 0.29) is 13.0 Å². The molecule has 0 saturated carbocycles. The first kappa shape index (κ1) is 32.9. The number of esters is 1. The molecule has 0 fully saturated rings. The molecule has 0 aromatic heterocycles. The van der Waals surface area contributed by atoms with Crippen LogP contribution in [0.25, 0.3) is 0 Å². The quantitative estimate of drug-likeness (QED) is 0.106. The Kier molecular flexibility index (Phi) is 10.2. The highest BCUT2D eigenvalue weighted by atomic mass is 35.5. The predicted octanol–water partition coefficient (Wildman–Crippen LogP) is 9.21. The average molecular weight is 652 g/mol. The molecule has 0 heterocycles. The number of aryl methyl sites for hydroxylation is 1. The third-order valence-corrected chi connectivity index (χ3v) is 9.07. The Morgan fingerprint density at radius 2 is 0.979 bits per heavy atom. The zero-order valence-corrected chi connectivity index (χ0v) is 27.6. The topological polar surface area (TPSA) is 61.5 Å². The van der Waals surface area contributed by atoms with Gasteiger partial charge in [-0.05, 0) is 36.1 Å². The zero-order valence-electron chi connectivity index (χ0n) is 26.8. The van der Waals surface area contributed by atoms with Crippen molar-refractivity contribution in [2.75, 3.05) is 6.61 Å². The smallest absolute Gasteiger partial charge is 0.324 e. The van der Waals surface area contributed by atoms with E-state index in [1.807, 2.05) is 134 Å². The Balaban J connectivity index is 1.34. The maximum absolute atomic E-state index is 14.2. The summed E-state index contributed by atoms with van der Waals surface area (Å²) in [4.78, 5) is 14.2. The fourth-order valence-corrected chi connectivity index (χ4v) is 6.58. The normalized spacial score (nSPS) is 13.3. The fraction of sp³-hybridized carbons (Fsp3) is 0.140. The third kappa shape index (κ3) is 6.56. The van der Waals surface area contributed by atoms with Gasteiger partial charge in [-0.2, -0.15) is 0 Å². The Morgan fingerprint density at radius 1 is 0.583 bits per heavy atom. The minimum atomic E-state index is -1.34. The Morgan fingerprint density at radius 3 is 1.44 bits per heavy atom. The molecule has 0 saturated heterocycles. The summed E-state index contributed by atoms with van der Waals surface area (Å²) in [5.41, 5.74) is 10.6. The van der Waals surface area contributed by atoms with Gasteiger partial charge in [-0.1, -0.05) is 181 Å². The molecule has 0 spiro atoms. The Hall–Kier alpha value is -5.00. The summed E-state index contributed by atoms with van der Waals surface area (Å²) in [7, 11) is 0. The van der Waals surface area contributed by atoms with Gasteiger partial charge in [0.25, 0.3) is 0 Å². The number of rotatable bonds is 12. The second kappa shape index (κ2) is 14.8. The number of hydrogen-bond acceptors (Lipinski definition) is 4. The van der Waals surface area contributed by atoms with Gasteiger partial charge in [0, 0.05) is 21.7 Å². The maximum Gasteiger partial charge on any atom is 0.324 e. The second-order valence-corrected chi connectivity index (χ2v) is 12.2. The van der Waals surface area contributed by atoms with E-state index in [9.17, 15) is 4.79 Å². The molecule has 2 atom stereocenters. The molecule has 0 amide bonds. The fourth-order valence-electron chi connectivity index (χ4n) is 6.31. The molecular weight excluding hydrogens is 614 g/mol. The zero-order chi connectivity index (χ0) is 33.4. The van der Waals surface area contributed by atoms with Crippen LogP contribution in [0.15, 0.2) is 170 Å². The summed E-state index contributed by atoms with van der Waals surface area (Å²) in [5, 5.41) is 0.477. The standard InChI is InChI=1S/C43H38ClNO3/c1-32-26-28-37(29-27-32)43(36-22-12-5-13-23-36,38-24-14-15-25-39(38)44)48-41(46)40(45)30-31-47-42(33-16-6-2-7-17-33,34-18-8-3-9-19-34)35-20-10-4-11-21-35/h2-29,40H,30-31,45H2,1H3/t40-,43?/m1/s1. The molecule has 2 N–H and O–H groups in total. The van der Waals surface area contributed by atoms with Gasteiger partial charge in [-0.3, -0.25) is 4.79 Å². The van der Waals surface area contributed by atoms with Crippen LogP contribution in [0.5, 0.6) is 0 Å². The summed E-state index contributed by atoms with van der Waals surface area (Å²) >= 11 is 6.87. The molecule has 1 unspecified atom stereocenters.